The van der Waals surface area contributed by atoms with Crippen molar-refractivity contribution < 1.29 is 28.7 Å². The Kier molecular flexibility index (Phi) is 12.6. The third kappa shape index (κ3) is 8.31. The lowest BCUT2D eigenvalue weighted by Gasteiger charge is -2.09. The van der Waals surface area contributed by atoms with Gasteiger partial charge in [-0.1, -0.05) is 13.8 Å². The number of carbonyl (C=O) groups excluding carboxylic acids is 4. The van der Waals surface area contributed by atoms with E-state index >= 15 is 0 Å². The molecule has 0 radical (unpaired) electrons. The van der Waals surface area contributed by atoms with Crippen LogP contribution in [0.2, 0.25) is 0 Å². The van der Waals surface area contributed by atoms with E-state index < -0.39 is 11.9 Å². The topological polar surface area (TPSA) is 111 Å². The van der Waals surface area contributed by atoms with Gasteiger partial charge in [-0.05, 0) is 51.7 Å². The van der Waals surface area contributed by atoms with Crippen LogP contribution in [0.4, 0.5) is 10.0 Å². The maximum Gasteiger partial charge on any atom is 0.341 e. The van der Waals surface area contributed by atoms with Crippen molar-refractivity contribution in [1.29, 1.82) is 0 Å². The number of amides is 2. The standard InChI is InChI=1S/C26H36N2O6S3/c1-7-17-15(5)36-23(21(17)25(31)33-9-3)27-19(29)11-13-35-14-12-20(30)28-24-22(26(32)34-10-4)18(8-2)16(6)37-24/h7-14H2,1-6H3,(H,27,29)(H,28,30). The third-order valence-corrected chi connectivity index (χ3v) is 8.65. The SMILES string of the molecule is CCOC(=O)c1c(NC(=O)CCSCCC(=O)Nc2sc(C)c(CC)c2C(=O)OCC)sc(C)c1CC. The highest BCUT2D eigenvalue weighted by atomic mass is 32.2. The molecule has 0 aromatic carbocycles. The molecule has 0 saturated heterocycles. The smallest absolute Gasteiger partial charge is 0.341 e. The number of anilines is 2. The number of thioether (sulfide) groups is 1. The predicted molar refractivity (Wildman–Crippen MR) is 153 cm³/mol. The van der Waals surface area contributed by atoms with Crippen LogP contribution in [-0.4, -0.2) is 48.5 Å². The first kappa shape index (κ1) is 30.9. The van der Waals surface area contributed by atoms with Crippen LogP contribution in [0.15, 0.2) is 0 Å². The fraction of sp³-hybridized carbons (Fsp3) is 0.538. The van der Waals surface area contributed by atoms with Crippen LogP contribution in [0.25, 0.3) is 0 Å². The molecule has 0 bridgehead atoms. The second-order valence-electron chi connectivity index (χ2n) is 8.04. The minimum Gasteiger partial charge on any atom is -0.462 e. The van der Waals surface area contributed by atoms with Gasteiger partial charge in [-0.2, -0.15) is 11.8 Å². The van der Waals surface area contributed by atoms with E-state index in [4.69, 9.17) is 9.47 Å². The van der Waals surface area contributed by atoms with Crippen LogP contribution in [0.1, 0.15) is 82.1 Å². The summed E-state index contributed by atoms with van der Waals surface area (Å²) >= 11 is 4.26. The normalized spacial score (nSPS) is 10.8. The molecular weight excluding hydrogens is 532 g/mol. The molecule has 0 fully saturated rings. The predicted octanol–water partition coefficient (Wildman–Crippen LogP) is 6.00. The van der Waals surface area contributed by atoms with Gasteiger partial charge < -0.3 is 20.1 Å². The fourth-order valence-electron chi connectivity index (χ4n) is 3.83. The van der Waals surface area contributed by atoms with Gasteiger partial charge in [-0.3, -0.25) is 9.59 Å². The average molecular weight is 569 g/mol. The van der Waals surface area contributed by atoms with E-state index in [2.05, 4.69) is 10.6 Å². The molecule has 11 heteroatoms. The van der Waals surface area contributed by atoms with Crippen molar-refractivity contribution in [3.63, 3.8) is 0 Å². The van der Waals surface area contributed by atoms with Gasteiger partial charge in [0, 0.05) is 34.1 Å². The first-order valence-electron chi connectivity index (χ1n) is 12.4. The van der Waals surface area contributed by atoms with Crippen molar-refractivity contribution in [3.05, 3.63) is 32.0 Å². The second-order valence-corrected chi connectivity index (χ2v) is 11.7. The van der Waals surface area contributed by atoms with E-state index in [1.54, 1.807) is 13.8 Å². The summed E-state index contributed by atoms with van der Waals surface area (Å²) in [6, 6.07) is 0. The monoisotopic (exact) mass is 568 g/mol. The van der Waals surface area contributed by atoms with Crippen LogP contribution >= 0.6 is 34.4 Å². The van der Waals surface area contributed by atoms with Crippen LogP contribution in [-0.2, 0) is 31.9 Å². The van der Waals surface area contributed by atoms with Gasteiger partial charge in [0.15, 0.2) is 0 Å². The summed E-state index contributed by atoms with van der Waals surface area (Å²) in [7, 11) is 0. The van der Waals surface area contributed by atoms with Gasteiger partial charge >= 0.3 is 11.9 Å². The molecule has 0 saturated carbocycles. The van der Waals surface area contributed by atoms with E-state index in [0.717, 1.165) is 20.9 Å². The quantitative estimate of drug-likeness (QED) is 0.213. The number of esters is 2. The molecule has 0 unspecified atom stereocenters. The molecule has 0 atom stereocenters. The summed E-state index contributed by atoms with van der Waals surface area (Å²) < 4.78 is 10.4. The molecule has 0 aliphatic carbocycles. The molecule has 2 N–H and O–H groups in total. The van der Waals surface area contributed by atoms with E-state index in [1.807, 2.05) is 27.7 Å². The molecule has 2 aromatic rings. The van der Waals surface area contributed by atoms with E-state index in [-0.39, 0.29) is 37.9 Å². The van der Waals surface area contributed by atoms with Crippen LogP contribution < -0.4 is 10.6 Å². The maximum absolute atomic E-state index is 12.5. The zero-order valence-electron chi connectivity index (χ0n) is 22.3. The Hall–Kier alpha value is -2.37. The number of nitrogens with one attached hydrogen (secondary N) is 2. The highest BCUT2D eigenvalue weighted by molar-refractivity contribution is 7.99. The van der Waals surface area contributed by atoms with Crippen molar-refractivity contribution in [2.45, 2.75) is 67.2 Å². The molecule has 204 valence electrons. The minimum atomic E-state index is -0.419. The molecule has 0 aliphatic heterocycles. The summed E-state index contributed by atoms with van der Waals surface area (Å²) in [5, 5.41) is 6.77. The largest absolute Gasteiger partial charge is 0.462 e. The molecule has 2 heterocycles. The Labute approximate surface area is 230 Å². The highest BCUT2D eigenvalue weighted by Crippen LogP contribution is 2.35. The Bertz CT molecular complexity index is 1040. The maximum atomic E-state index is 12.5. The highest BCUT2D eigenvalue weighted by Gasteiger charge is 2.24. The molecule has 0 spiro atoms. The van der Waals surface area contributed by atoms with Crippen molar-refractivity contribution in [2.75, 3.05) is 35.4 Å². The van der Waals surface area contributed by atoms with Crippen LogP contribution in [0.5, 0.6) is 0 Å². The van der Waals surface area contributed by atoms with Crippen molar-refractivity contribution in [1.82, 2.24) is 0 Å². The molecular formula is C26H36N2O6S3. The van der Waals surface area contributed by atoms with Gasteiger partial charge in [-0.25, -0.2) is 9.59 Å². The third-order valence-electron chi connectivity index (χ3n) is 5.54. The number of hydrogen-bond acceptors (Lipinski definition) is 9. The summed E-state index contributed by atoms with van der Waals surface area (Å²) in [6.07, 6.45) is 1.86. The number of carbonyl (C=O) groups is 4. The molecule has 2 amide bonds. The van der Waals surface area contributed by atoms with Crippen molar-refractivity contribution >= 4 is 68.2 Å². The number of thiophene rings is 2. The van der Waals surface area contributed by atoms with Crippen LogP contribution in [0.3, 0.4) is 0 Å². The fourth-order valence-corrected chi connectivity index (χ4v) is 7.00. The Morgan fingerprint density at radius 2 is 1.08 bits per heavy atom. The van der Waals surface area contributed by atoms with Gasteiger partial charge in [0.1, 0.15) is 10.0 Å². The number of rotatable bonds is 14. The van der Waals surface area contributed by atoms with Gasteiger partial charge in [0.2, 0.25) is 11.8 Å². The van der Waals surface area contributed by atoms with Gasteiger partial charge in [0.25, 0.3) is 0 Å². The zero-order chi connectivity index (χ0) is 27.5. The molecule has 2 aromatic heterocycles. The Balaban J connectivity index is 1.86. The summed E-state index contributed by atoms with van der Waals surface area (Å²) in [5.41, 5.74) is 2.69. The van der Waals surface area contributed by atoms with Crippen molar-refractivity contribution in [3.8, 4) is 0 Å². The lowest BCUT2D eigenvalue weighted by atomic mass is 10.1. The summed E-state index contributed by atoms with van der Waals surface area (Å²) in [5.74, 6) is -0.149. The Morgan fingerprint density at radius 1 is 0.703 bits per heavy atom. The Morgan fingerprint density at radius 3 is 1.41 bits per heavy atom. The summed E-state index contributed by atoms with van der Waals surface area (Å²) in [4.78, 5) is 51.9. The van der Waals surface area contributed by atoms with E-state index in [1.165, 1.54) is 34.4 Å². The first-order chi connectivity index (χ1) is 17.7. The van der Waals surface area contributed by atoms with Gasteiger partial charge in [0.05, 0.1) is 24.3 Å². The second kappa shape index (κ2) is 15.1. The zero-order valence-corrected chi connectivity index (χ0v) is 24.8. The van der Waals surface area contributed by atoms with Gasteiger partial charge in [-0.15, -0.1) is 22.7 Å². The molecule has 0 aliphatic rings. The number of hydrogen-bond donors (Lipinski definition) is 2. The lowest BCUT2D eigenvalue weighted by molar-refractivity contribution is -0.116. The number of ether oxygens (including phenoxy) is 2. The van der Waals surface area contributed by atoms with Crippen LogP contribution in [0, 0.1) is 13.8 Å². The lowest BCUT2D eigenvalue weighted by Crippen LogP contribution is -2.16. The molecule has 2 rings (SSSR count). The first-order valence-corrected chi connectivity index (χ1v) is 15.2. The van der Waals surface area contributed by atoms with Crippen molar-refractivity contribution in [2.24, 2.45) is 0 Å². The minimum absolute atomic E-state index is 0.188. The van der Waals surface area contributed by atoms with E-state index in [0.29, 0.717) is 45.5 Å². The molecule has 8 nitrogen and oxygen atoms in total. The van der Waals surface area contributed by atoms with E-state index in [9.17, 15) is 19.2 Å². The summed E-state index contributed by atoms with van der Waals surface area (Å²) in [6.45, 7) is 11.8. The molecule has 37 heavy (non-hydrogen) atoms. The number of aryl methyl sites for hydroxylation is 2. The average Bonchev–Trinajstić information content (AvgIpc) is 3.33.